The van der Waals surface area contributed by atoms with E-state index in [1.165, 1.54) is 17.7 Å². The molecule has 1 aromatic heterocycles. The number of fused-ring (bicyclic) bond motifs is 1. The molecule has 1 aromatic rings. The average Bonchev–Trinajstić information content (AvgIpc) is 2.81. The maximum Gasteiger partial charge on any atom is 0.412 e. The maximum absolute atomic E-state index is 12.2. The highest BCUT2D eigenvalue weighted by Gasteiger charge is 2.23. The van der Waals surface area contributed by atoms with E-state index in [9.17, 15) is 19.2 Å². The lowest BCUT2D eigenvalue weighted by atomic mass is 10.3. The molecular weight excluding hydrogens is 496 g/mol. The molecule has 0 radical (unpaired) electrons. The van der Waals surface area contributed by atoms with Crippen LogP contribution in [-0.2, 0) is 19.1 Å². The van der Waals surface area contributed by atoms with Crippen molar-refractivity contribution >= 4 is 62.6 Å². The Hall–Kier alpha value is -2.74. The van der Waals surface area contributed by atoms with E-state index < -0.39 is 6.09 Å². The van der Waals surface area contributed by atoms with Gasteiger partial charge in [0.05, 0.1) is 13.2 Å². The fraction of sp³-hybridized carbons (Fsp3) is 0.619. The van der Waals surface area contributed by atoms with Crippen LogP contribution in [0.25, 0.3) is 0 Å². The van der Waals surface area contributed by atoms with Gasteiger partial charge >= 0.3 is 12.1 Å². The number of hydrogen-bond acceptors (Lipinski definition) is 11. The van der Waals surface area contributed by atoms with Crippen LogP contribution in [0.5, 0.6) is 6.01 Å². The molecule has 2 heterocycles. The zero-order valence-corrected chi connectivity index (χ0v) is 21.6. The van der Waals surface area contributed by atoms with Crippen molar-refractivity contribution in [3.05, 3.63) is 0 Å². The number of ketones is 1. The molecule has 0 atom stereocenters. The number of anilines is 3. The molecule has 2 rings (SSSR count). The van der Waals surface area contributed by atoms with Crippen molar-refractivity contribution in [3.63, 3.8) is 0 Å². The van der Waals surface area contributed by atoms with E-state index in [2.05, 4.69) is 31.2 Å². The Balaban J connectivity index is 1.67. The summed E-state index contributed by atoms with van der Waals surface area (Å²) in [7, 11) is 3.12. The van der Waals surface area contributed by atoms with E-state index in [0.717, 1.165) is 18.6 Å². The number of nitrogens with one attached hydrogen (secondary N) is 4. The smallest absolute Gasteiger partial charge is 0.412 e. The molecule has 0 unspecified atom stereocenters. The second kappa shape index (κ2) is 16.0. The summed E-state index contributed by atoms with van der Waals surface area (Å²) in [5, 5.41) is 10.8. The van der Waals surface area contributed by atoms with E-state index in [1.807, 2.05) is 6.92 Å². The minimum absolute atomic E-state index is 0.0505. The predicted octanol–water partition coefficient (Wildman–Crippen LogP) is 2.82. The zero-order valence-electron chi connectivity index (χ0n) is 19.9. The Morgan fingerprint density at radius 2 is 1.89 bits per heavy atom. The van der Waals surface area contributed by atoms with Gasteiger partial charge in [-0.05, 0) is 19.8 Å². The predicted molar refractivity (Wildman–Crippen MR) is 137 cm³/mol. The van der Waals surface area contributed by atoms with Crippen LogP contribution in [0, 0.1) is 0 Å². The van der Waals surface area contributed by atoms with E-state index >= 15 is 0 Å². The minimum Gasteiger partial charge on any atom is -0.463 e. The summed E-state index contributed by atoms with van der Waals surface area (Å²) in [6, 6.07) is 0.0932. The first kappa shape index (κ1) is 28.5. The monoisotopic (exact) mass is 528 g/mol. The minimum atomic E-state index is -0.710. The molecule has 3 amide bonds. The Labute approximate surface area is 212 Å². The molecule has 194 valence electrons. The fourth-order valence-electron chi connectivity index (χ4n) is 2.67. The van der Waals surface area contributed by atoms with Gasteiger partial charge in [0.1, 0.15) is 18.1 Å². The van der Waals surface area contributed by atoms with Gasteiger partial charge in [0.2, 0.25) is 11.8 Å². The zero-order chi connectivity index (χ0) is 25.5. The van der Waals surface area contributed by atoms with Gasteiger partial charge in [0, 0.05) is 30.9 Å². The summed E-state index contributed by atoms with van der Waals surface area (Å²) in [6.45, 7) is 4.57. The summed E-state index contributed by atoms with van der Waals surface area (Å²) in [4.78, 5) is 54.9. The number of nitrogens with zero attached hydrogens (tertiary/aromatic N) is 2. The summed E-state index contributed by atoms with van der Waals surface area (Å²) < 4.78 is 10.7. The Morgan fingerprint density at radius 1 is 1.09 bits per heavy atom. The lowest BCUT2D eigenvalue weighted by molar-refractivity contribution is -0.121. The molecular formula is C21H32N6O6S2. The van der Waals surface area contributed by atoms with Crippen LogP contribution in [0.15, 0.2) is 0 Å². The van der Waals surface area contributed by atoms with Gasteiger partial charge in [0.25, 0.3) is 0 Å². The van der Waals surface area contributed by atoms with Crippen LogP contribution < -0.4 is 26.0 Å². The quantitative estimate of drug-likeness (QED) is 0.184. The van der Waals surface area contributed by atoms with Gasteiger partial charge < -0.3 is 25.4 Å². The van der Waals surface area contributed by atoms with Crippen LogP contribution >= 0.6 is 21.6 Å². The standard InChI is InChI=1S/C21H32N6O6S2/c1-3-4-9-32-20-25-18-17(24-16(30)13-23-18)19(26-20)27-21(31)33-10-12-35-34-11-5-6-15(29)22-8-7-14(2)28/h3-13H2,1-2H3,(H,22,29)(H,24,30)(H2,23,25,26,27,31). The number of unbranched alkanes of at least 4 members (excludes halogenated alkanes) is 1. The van der Waals surface area contributed by atoms with Gasteiger partial charge in [-0.25, -0.2) is 4.79 Å². The summed E-state index contributed by atoms with van der Waals surface area (Å²) in [5.74, 6) is 1.51. The van der Waals surface area contributed by atoms with E-state index in [1.54, 1.807) is 10.8 Å². The molecule has 0 bridgehead atoms. The lowest BCUT2D eigenvalue weighted by Crippen LogP contribution is -2.30. The molecule has 0 fully saturated rings. The largest absolute Gasteiger partial charge is 0.463 e. The van der Waals surface area contributed by atoms with Crippen LogP contribution in [0.2, 0.25) is 0 Å². The fourth-order valence-corrected chi connectivity index (χ4v) is 4.59. The highest BCUT2D eigenvalue weighted by atomic mass is 33.1. The van der Waals surface area contributed by atoms with Crippen molar-refractivity contribution in [1.82, 2.24) is 15.3 Å². The average molecular weight is 529 g/mol. The molecule has 4 N–H and O–H groups in total. The molecule has 0 aliphatic carbocycles. The van der Waals surface area contributed by atoms with Crippen molar-refractivity contribution in [2.45, 2.75) is 46.0 Å². The van der Waals surface area contributed by atoms with E-state index in [4.69, 9.17) is 9.47 Å². The number of aromatic nitrogens is 2. The number of ether oxygens (including phenoxy) is 2. The molecule has 35 heavy (non-hydrogen) atoms. The van der Waals surface area contributed by atoms with Crippen molar-refractivity contribution in [2.24, 2.45) is 0 Å². The van der Waals surface area contributed by atoms with Crippen LogP contribution in [-0.4, -0.2) is 71.5 Å². The van der Waals surface area contributed by atoms with Crippen LogP contribution in [0.1, 0.15) is 46.0 Å². The summed E-state index contributed by atoms with van der Waals surface area (Å²) in [5.41, 5.74) is 0.260. The molecule has 0 aromatic carbocycles. The van der Waals surface area contributed by atoms with Crippen molar-refractivity contribution in [1.29, 1.82) is 0 Å². The van der Waals surface area contributed by atoms with E-state index in [0.29, 0.717) is 44.0 Å². The first-order valence-electron chi connectivity index (χ1n) is 11.4. The molecule has 0 saturated carbocycles. The molecule has 1 aliphatic rings. The van der Waals surface area contributed by atoms with Crippen LogP contribution in [0.4, 0.5) is 22.1 Å². The Bertz CT molecular complexity index is 888. The van der Waals surface area contributed by atoms with Crippen molar-refractivity contribution < 1.29 is 28.7 Å². The number of Topliss-reactive ketones (excluding diaryl/α,β-unsaturated/α-hetero) is 1. The number of carbonyl (C=O) groups is 4. The normalized spacial score (nSPS) is 12.1. The molecule has 0 saturated heterocycles. The summed E-state index contributed by atoms with van der Waals surface area (Å²) >= 11 is 0. The third-order valence-electron chi connectivity index (χ3n) is 4.43. The number of rotatable bonds is 16. The van der Waals surface area contributed by atoms with E-state index in [-0.39, 0.29) is 48.3 Å². The lowest BCUT2D eigenvalue weighted by Gasteiger charge is -2.20. The number of hydrogen-bond donors (Lipinski definition) is 4. The molecule has 12 nitrogen and oxygen atoms in total. The van der Waals surface area contributed by atoms with Gasteiger partial charge in [-0.3, -0.25) is 19.7 Å². The first-order chi connectivity index (χ1) is 16.9. The van der Waals surface area contributed by atoms with Gasteiger partial charge in [0.15, 0.2) is 11.6 Å². The first-order valence-corrected chi connectivity index (χ1v) is 13.9. The highest BCUT2D eigenvalue weighted by Crippen LogP contribution is 2.32. The van der Waals surface area contributed by atoms with Crippen molar-refractivity contribution in [3.8, 4) is 6.01 Å². The SMILES string of the molecule is CCCCOc1nc2c(c(NC(=O)OCCSSCCCC(=O)NCCC(C)=O)n1)NC(=O)CN2. The Morgan fingerprint density at radius 3 is 2.66 bits per heavy atom. The Kier molecular flexibility index (Phi) is 13.0. The number of amides is 3. The highest BCUT2D eigenvalue weighted by molar-refractivity contribution is 8.76. The summed E-state index contributed by atoms with van der Waals surface area (Å²) in [6.07, 6.45) is 2.54. The number of carbonyl (C=O) groups excluding carboxylic acids is 4. The van der Waals surface area contributed by atoms with Crippen molar-refractivity contribution in [2.75, 3.05) is 53.8 Å². The second-order valence-corrected chi connectivity index (χ2v) is 10.2. The van der Waals surface area contributed by atoms with Gasteiger partial charge in [-0.15, -0.1) is 0 Å². The third-order valence-corrected chi connectivity index (χ3v) is 6.89. The van der Waals surface area contributed by atoms with Gasteiger partial charge in [-0.2, -0.15) is 9.97 Å². The van der Waals surface area contributed by atoms with Crippen LogP contribution in [0.3, 0.4) is 0 Å². The second-order valence-electron chi connectivity index (χ2n) is 7.49. The molecule has 0 spiro atoms. The molecule has 14 heteroatoms. The topological polar surface area (TPSA) is 161 Å². The maximum atomic E-state index is 12.2. The molecule has 1 aliphatic heterocycles. The third kappa shape index (κ3) is 11.5. The van der Waals surface area contributed by atoms with Gasteiger partial charge in [-0.1, -0.05) is 34.9 Å².